The molecule has 0 amide bonds. The van der Waals surface area contributed by atoms with Crippen LogP contribution in [-0.2, 0) is 10.1 Å². The number of unbranched alkanes of at least 4 members (excludes halogenated alkanes) is 13. The molecule has 0 spiro atoms. The van der Waals surface area contributed by atoms with Gasteiger partial charge >= 0.3 is 0 Å². The summed E-state index contributed by atoms with van der Waals surface area (Å²) in [6, 6.07) is 5.93. The Morgan fingerprint density at radius 3 is 1.53 bits per heavy atom. The molecule has 1 aromatic rings. The van der Waals surface area contributed by atoms with E-state index in [1.807, 2.05) is 0 Å². The van der Waals surface area contributed by atoms with Gasteiger partial charge in [0.15, 0.2) is 0 Å². The van der Waals surface area contributed by atoms with Gasteiger partial charge in [0.05, 0.1) is 32.6 Å². The molecule has 0 N–H and O–H groups in total. The monoisotopic (exact) mass is 467 g/mol. The molecule has 0 atom stereocenters. The molecule has 186 valence electrons. The topological polar surface area (TPSA) is 57.2 Å². The van der Waals surface area contributed by atoms with E-state index in [2.05, 4.69) is 34.6 Å². The Bertz CT molecular complexity index is 693. The Hall–Kier alpha value is -1.17. The molecule has 0 bridgehead atoms. The molecule has 0 radical (unpaired) electrons. The number of hydrogen-bond donors (Lipinski definition) is 0. The van der Waals surface area contributed by atoms with Gasteiger partial charge in [0.25, 0.3) is 0 Å². The van der Waals surface area contributed by atoms with Crippen LogP contribution in [-0.4, -0.2) is 45.1 Å². The molecule has 0 aliphatic rings. The molecule has 0 heterocycles. The van der Waals surface area contributed by atoms with Gasteiger partial charge in [-0.1, -0.05) is 115 Å². The first-order chi connectivity index (χ1) is 15.1. The van der Waals surface area contributed by atoms with Crippen molar-refractivity contribution >= 4 is 16.2 Å². The van der Waals surface area contributed by atoms with Gasteiger partial charge in [0.1, 0.15) is 10.1 Å². The van der Waals surface area contributed by atoms with Gasteiger partial charge in [0, 0.05) is 0 Å². The average molecular weight is 468 g/mol. The van der Waals surface area contributed by atoms with Crippen molar-refractivity contribution in [2.24, 2.45) is 0 Å². The van der Waals surface area contributed by atoms with Crippen LogP contribution in [0.15, 0.2) is 35.7 Å². The highest BCUT2D eigenvalue weighted by Crippen LogP contribution is 2.15. The van der Waals surface area contributed by atoms with Crippen molar-refractivity contribution in [3.8, 4) is 0 Å². The van der Waals surface area contributed by atoms with Crippen molar-refractivity contribution in [2.75, 3.05) is 27.7 Å². The molecular weight excluding hydrogens is 418 g/mol. The molecule has 4 nitrogen and oxygen atoms in total. The predicted octanol–water partition coefficient (Wildman–Crippen LogP) is 7.41. The summed E-state index contributed by atoms with van der Waals surface area (Å²) in [5.74, 6) is 0. The number of hydrogen-bond acceptors (Lipinski definition) is 3. The van der Waals surface area contributed by atoms with Crippen LogP contribution < -0.4 is 0 Å². The zero-order valence-electron chi connectivity index (χ0n) is 21.3. The Kier molecular flexibility index (Phi) is 17.6. The molecule has 5 heteroatoms. The third-order valence-corrected chi connectivity index (χ3v) is 6.50. The van der Waals surface area contributed by atoms with Gasteiger partial charge in [-0.05, 0) is 24.5 Å². The molecule has 0 aliphatic heterocycles. The Balaban J connectivity index is 0.000000677. The van der Waals surface area contributed by atoms with Crippen molar-refractivity contribution in [1.29, 1.82) is 0 Å². The highest BCUT2D eigenvalue weighted by Gasteiger charge is 2.05. The van der Waals surface area contributed by atoms with Gasteiger partial charge in [0.2, 0.25) is 0 Å². The lowest BCUT2D eigenvalue weighted by Crippen LogP contribution is -2.35. The molecule has 0 fully saturated rings. The van der Waals surface area contributed by atoms with E-state index in [-0.39, 0.29) is 4.90 Å². The summed E-state index contributed by atoms with van der Waals surface area (Å²) in [6.45, 7) is 7.03. The third-order valence-electron chi connectivity index (χ3n) is 5.59. The van der Waals surface area contributed by atoms with Gasteiger partial charge in [-0.3, -0.25) is 0 Å². The molecule has 0 aliphatic carbocycles. The van der Waals surface area contributed by atoms with Crippen LogP contribution in [0, 0.1) is 0 Å². The number of nitrogens with zero attached hydrogens (tertiary/aromatic N) is 1. The van der Waals surface area contributed by atoms with Gasteiger partial charge < -0.3 is 9.04 Å². The molecule has 1 aromatic carbocycles. The van der Waals surface area contributed by atoms with Crippen molar-refractivity contribution < 1.29 is 17.5 Å². The highest BCUT2D eigenvalue weighted by molar-refractivity contribution is 7.85. The van der Waals surface area contributed by atoms with E-state index in [1.54, 1.807) is 6.07 Å². The van der Waals surface area contributed by atoms with Crippen LogP contribution in [0.3, 0.4) is 0 Å². The fourth-order valence-corrected chi connectivity index (χ4v) is 4.34. The van der Waals surface area contributed by atoms with Crippen molar-refractivity contribution in [3.63, 3.8) is 0 Å². The second-order valence-corrected chi connectivity index (χ2v) is 11.2. The van der Waals surface area contributed by atoms with Crippen molar-refractivity contribution in [1.82, 2.24) is 0 Å². The lowest BCUT2D eigenvalue weighted by atomic mass is 10.0. The zero-order valence-corrected chi connectivity index (χ0v) is 22.1. The average Bonchev–Trinajstić information content (AvgIpc) is 2.73. The Morgan fingerprint density at radius 1 is 0.781 bits per heavy atom. The van der Waals surface area contributed by atoms with Gasteiger partial charge in [-0.2, -0.15) is 0 Å². The molecule has 1 rings (SSSR count). The molecule has 0 saturated carbocycles. The van der Waals surface area contributed by atoms with Crippen LogP contribution >= 0.6 is 0 Å². The van der Waals surface area contributed by atoms with Crippen LogP contribution in [0.1, 0.15) is 102 Å². The Morgan fingerprint density at radius 2 is 1.19 bits per heavy atom. The predicted molar refractivity (Wildman–Crippen MR) is 138 cm³/mol. The van der Waals surface area contributed by atoms with E-state index in [4.69, 9.17) is 0 Å². The first-order valence-electron chi connectivity index (χ1n) is 12.6. The smallest absolute Gasteiger partial charge is 0.125 e. The molecular formula is C27H49NO3S. The summed E-state index contributed by atoms with van der Waals surface area (Å²) in [4.78, 5) is -0.222. The highest BCUT2D eigenvalue weighted by atomic mass is 32.2. The Labute approximate surface area is 199 Å². The zero-order chi connectivity index (χ0) is 24.3. The second kappa shape index (κ2) is 18.3. The maximum absolute atomic E-state index is 10.6. The first-order valence-corrected chi connectivity index (χ1v) is 14.0. The minimum absolute atomic E-state index is 0.222. The van der Waals surface area contributed by atoms with Crippen LogP contribution in [0.25, 0.3) is 6.08 Å². The largest absolute Gasteiger partial charge is 0.744 e. The standard InChI is InChI=1S/C19H42N.C8H8O3S/c1-5-6-7-8-9-10-11-12-13-14-15-16-17-18-19-20(2,3)4;1-2-7-5-3-4-6-8(7)12(9,10)11/h5-19H2,1-4H3;2-6H,1H2,(H,9,10,11)/q+1;/p-1. The maximum Gasteiger partial charge on any atom is 0.125 e. The first kappa shape index (κ1) is 30.8. The maximum atomic E-state index is 10.6. The van der Waals surface area contributed by atoms with E-state index in [0.29, 0.717) is 5.56 Å². The molecule has 0 saturated heterocycles. The minimum atomic E-state index is -4.37. The van der Waals surface area contributed by atoms with Crippen LogP contribution in [0.4, 0.5) is 0 Å². The summed E-state index contributed by atoms with van der Waals surface area (Å²) < 4.78 is 33.0. The van der Waals surface area contributed by atoms with E-state index in [1.165, 1.54) is 121 Å². The fraction of sp³-hybridized carbons (Fsp3) is 0.704. The van der Waals surface area contributed by atoms with Crippen molar-refractivity contribution in [3.05, 3.63) is 36.4 Å². The van der Waals surface area contributed by atoms with E-state index >= 15 is 0 Å². The second-order valence-electron chi connectivity index (χ2n) is 9.81. The van der Waals surface area contributed by atoms with Gasteiger partial charge in [-0.15, -0.1) is 0 Å². The summed E-state index contributed by atoms with van der Waals surface area (Å²) in [6.07, 6.45) is 21.7. The molecule has 32 heavy (non-hydrogen) atoms. The number of quaternary nitrogens is 1. The van der Waals surface area contributed by atoms with E-state index in [9.17, 15) is 13.0 Å². The lowest BCUT2D eigenvalue weighted by molar-refractivity contribution is -0.870. The summed E-state index contributed by atoms with van der Waals surface area (Å²) in [5.41, 5.74) is 0.340. The quantitative estimate of drug-likeness (QED) is 0.136. The minimum Gasteiger partial charge on any atom is -0.744 e. The third kappa shape index (κ3) is 18.4. The number of rotatable bonds is 17. The molecule has 0 unspecified atom stereocenters. The van der Waals surface area contributed by atoms with Crippen molar-refractivity contribution in [2.45, 2.75) is 102 Å². The summed E-state index contributed by atoms with van der Waals surface area (Å²) >= 11 is 0. The molecule has 0 aromatic heterocycles. The van der Waals surface area contributed by atoms with Crippen LogP contribution in [0.5, 0.6) is 0 Å². The summed E-state index contributed by atoms with van der Waals surface area (Å²) in [5, 5.41) is 0. The van der Waals surface area contributed by atoms with Crippen LogP contribution in [0.2, 0.25) is 0 Å². The SMILES string of the molecule is C=Cc1ccccc1S(=O)(=O)[O-].CCCCCCCCCCCCCCCC[N+](C)(C)C. The summed E-state index contributed by atoms with van der Waals surface area (Å²) in [7, 11) is 2.51. The normalized spacial score (nSPS) is 11.7. The van der Waals surface area contributed by atoms with Gasteiger partial charge in [-0.25, -0.2) is 8.42 Å². The van der Waals surface area contributed by atoms with E-state index < -0.39 is 10.1 Å². The van der Waals surface area contributed by atoms with E-state index in [0.717, 1.165) is 4.48 Å². The number of benzene rings is 1. The lowest BCUT2D eigenvalue weighted by Gasteiger charge is -2.23. The fourth-order valence-electron chi connectivity index (χ4n) is 3.66.